The molecule has 0 heterocycles. The summed E-state index contributed by atoms with van der Waals surface area (Å²) in [6.07, 6.45) is 4.78. The Labute approximate surface area is 108 Å². The van der Waals surface area contributed by atoms with E-state index in [-0.39, 0.29) is 11.9 Å². The first-order chi connectivity index (χ1) is 8.65. The van der Waals surface area contributed by atoms with E-state index in [0.717, 1.165) is 44.2 Å². The van der Waals surface area contributed by atoms with Gasteiger partial charge in [-0.15, -0.1) is 0 Å². The molecule has 0 bridgehead atoms. The Balaban J connectivity index is 1.75. The fraction of sp³-hybridized carbons (Fsp3) is 0.600. The Hall–Kier alpha value is -0.930. The van der Waals surface area contributed by atoms with E-state index >= 15 is 0 Å². The van der Waals surface area contributed by atoms with Crippen molar-refractivity contribution < 1.29 is 9.50 Å². The van der Waals surface area contributed by atoms with E-state index in [2.05, 4.69) is 5.32 Å². The van der Waals surface area contributed by atoms with Crippen molar-refractivity contribution in [3.8, 4) is 0 Å². The normalized spacial score (nSPS) is 24.2. The topological polar surface area (TPSA) is 32.3 Å². The van der Waals surface area contributed by atoms with E-state index < -0.39 is 0 Å². The maximum atomic E-state index is 13.0. The van der Waals surface area contributed by atoms with Gasteiger partial charge in [-0.25, -0.2) is 4.39 Å². The smallest absolute Gasteiger partial charge is 0.123 e. The number of aryl methyl sites for hydroxylation is 1. The van der Waals surface area contributed by atoms with Crippen LogP contribution in [-0.4, -0.2) is 23.8 Å². The largest absolute Gasteiger partial charge is 0.393 e. The predicted molar refractivity (Wildman–Crippen MR) is 71.1 cm³/mol. The monoisotopic (exact) mass is 251 g/mol. The second-order valence-corrected chi connectivity index (χ2v) is 5.28. The molecule has 0 amide bonds. The van der Waals surface area contributed by atoms with Crippen LogP contribution in [0.15, 0.2) is 18.2 Å². The van der Waals surface area contributed by atoms with Gasteiger partial charge in [0.05, 0.1) is 6.10 Å². The molecule has 0 aliphatic heterocycles. The highest BCUT2D eigenvalue weighted by molar-refractivity contribution is 5.26. The molecule has 2 nitrogen and oxygen atoms in total. The summed E-state index contributed by atoms with van der Waals surface area (Å²) in [7, 11) is 0. The Bertz CT molecular complexity index is 386. The van der Waals surface area contributed by atoms with Crippen molar-refractivity contribution in [3.05, 3.63) is 35.1 Å². The average molecular weight is 251 g/mol. The van der Waals surface area contributed by atoms with Crippen LogP contribution in [-0.2, 0) is 6.42 Å². The lowest BCUT2D eigenvalue weighted by molar-refractivity contribution is 0.117. The molecule has 0 radical (unpaired) electrons. The van der Waals surface area contributed by atoms with Crippen molar-refractivity contribution in [2.75, 3.05) is 6.54 Å². The van der Waals surface area contributed by atoms with Crippen LogP contribution in [0.1, 0.15) is 36.8 Å². The summed E-state index contributed by atoms with van der Waals surface area (Å²) in [5.74, 6) is -0.162. The van der Waals surface area contributed by atoms with Crippen LogP contribution in [0.2, 0.25) is 0 Å². The van der Waals surface area contributed by atoms with Crippen molar-refractivity contribution in [2.45, 2.75) is 51.2 Å². The van der Waals surface area contributed by atoms with Gasteiger partial charge in [-0.05, 0) is 68.8 Å². The van der Waals surface area contributed by atoms with E-state index in [9.17, 15) is 9.50 Å². The zero-order chi connectivity index (χ0) is 13.0. The molecule has 0 aromatic heterocycles. The molecule has 1 aromatic carbocycles. The van der Waals surface area contributed by atoms with E-state index in [4.69, 9.17) is 0 Å². The molecular weight excluding hydrogens is 229 g/mol. The van der Waals surface area contributed by atoms with Gasteiger partial charge >= 0.3 is 0 Å². The van der Waals surface area contributed by atoms with Crippen LogP contribution < -0.4 is 5.32 Å². The number of hydrogen-bond donors (Lipinski definition) is 2. The van der Waals surface area contributed by atoms with Gasteiger partial charge in [0.15, 0.2) is 0 Å². The van der Waals surface area contributed by atoms with Crippen LogP contribution in [0, 0.1) is 12.7 Å². The molecule has 1 aromatic rings. The first kappa shape index (κ1) is 13.5. The average Bonchev–Trinajstić information content (AvgIpc) is 2.34. The number of aliphatic hydroxyl groups excluding tert-OH is 1. The second-order valence-electron chi connectivity index (χ2n) is 5.28. The Kier molecular flexibility index (Phi) is 4.72. The minimum atomic E-state index is -0.162. The summed E-state index contributed by atoms with van der Waals surface area (Å²) in [5, 5.41) is 13.0. The molecule has 0 unspecified atom stereocenters. The van der Waals surface area contributed by atoms with Gasteiger partial charge in [0.1, 0.15) is 5.82 Å². The Morgan fingerprint density at radius 2 is 2.00 bits per heavy atom. The Morgan fingerprint density at radius 3 is 2.67 bits per heavy atom. The summed E-state index contributed by atoms with van der Waals surface area (Å²) in [6, 6.07) is 5.52. The van der Waals surface area contributed by atoms with Crippen molar-refractivity contribution in [1.82, 2.24) is 5.32 Å². The zero-order valence-electron chi connectivity index (χ0n) is 11.0. The van der Waals surface area contributed by atoms with Crippen LogP contribution in [0.3, 0.4) is 0 Å². The van der Waals surface area contributed by atoms with Crippen molar-refractivity contribution in [2.24, 2.45) is 0 Å². The molecule has 0 atom stereocenters. The van der Waals surface area contributed by atoms with Gasteiger partial charge in [-0.2, -0.15) is 0 Å². The maximum absolute atomic E-state index is 13.0. The zero-order valence-corrected chi connectivity index (χ0v) is 11.0. The number of aliphatic hydroxyl groups is 1. The third-order valence-electron chi connectivity index (χ3n) is 3.83. The molecule has 2 N–H and O–H groups in total. The van der Waals surface area contributed by atoms with Crippen molar-refractivity contribution >= 4 is 0 Å². The van der Waals surface area contributed by atoms with Gasteiger partial charge in [-0.3, -0.25) is 0 Å². The maximum Gasteiger partial charge on any atom is 0.123 e. The molecule has 0 saturated heterocycles. The summed E-state index contributed by atoms with van der Waals surface area (Å²) >= 11 is 0. The van der Waals surface area contributed by atoms with Crippen LogP contribution in [0.25, 0.3) is 0 Å². The lowest BCUT2D eigenvalue weighted by atomic mass is 9.93. The molecule has 1 saturated carbocycles. The quantitative estimate of drug-likeness (QED) is 0.862. The van der Waals surface area contributed by atoms with E-state index in [1.54, 1.807) is 6.07 Å². The minimum absolute atomic E-state index is 0.0950. The SMILES string of the molecule is Cc1cc(F)ccc1CCNC1CCC(O)CC1. The predicted octanol–water partition coefficient (Wildman–Crippen LogP) is 2.57. The second kappa shape index (κ2) is 6.30. The molecule has 1 fully saturated rings. The number of rotatable bonds is 4. The lowest BCUT2D eigenvalue weighted by Gasteiger charge is -2.26. The van der Waals surface area contributed by atoms with Gasteiger partial charge < -0.3 is 10.4 Å². The number of benzene rings is 1. The summed E-state index contributed by atoms with van der Waals surface area (Å²) < 4.78 is 13.0. The van der Waals surface area contributed by atoms with Gasteiger partial charge in [0.25, 0.3) is 0 Å². The van der Waals surface area contributed by atoms with Crippen LogP contribution in [0.4, 0.5) is 4.39 Å². The molecule has 3 heteroatoms. The molecule has 100 valence electrons. The first-order valence-electron chi connectivity index (χ1n) is 6.81. The summed E-state index contributed by atoms with van der Waals surface area (Å²) in [5.41, 5.74) is 2.23. The van der Waals surface area contributed by atoms with Crippen molar-refractivity contribution in [1.29, 1.82) is 0 Å². The lowest BCUT2D eigenvalue weighted by Crippen LogP contribution is -2.35. The van der Waals surface area contributed by atoms with Gasteiger partial charge in [-0.1, -0.05) is 6.07 Å². The third kappa shape index (κ3) is 3.79. The summed E-state index contributed by atoms with van der Waals surface area (Å²) in [4.78, 5) is 0. The van der Waals surface area contributed by atoms with Gasteiger partial charge in [0, 0.05) is 6.04 Å². The van der Waals surface area contributed by atoms with Crippen LogP contribution in [0.5, 0.6) is 0 Å². The number of nitrogens with one attached hydrogen (secondary N) is 1. The van der Waals surface area contributed by atoms with E-state index in [1.807, 2.05) is 13.0 Å². The highest BCUT2D eigenvalue weighted by atomic mass is 19.1. The molecule has 0 spiro atoms. The number of hydrogen-bond acceptors (Lipinski definition) is 2. The molecular formula is C15H22FNO. The molecule has 18 heavy (non-hydrogen) atoms. The fourth-order valence-corrected chi connectivity index (χ4v) is 2.63. The van der Waals surface area contributed by atoms with E-state index in [0.29, 0.717) is 6.04 Å². The third-order valence-corrected chi connectivity index (χ3v) is 3.83. The first-order valence-corrected chi connectivity index (χ1v) is 6.81. The minimum Gasteiger partial charge on any atom is -0.393 e. The molecule has 2 rings (SSSR count). The molecule has 1 aliphatic carbocycles. The van der Waals surface area contributed by atoms with E-state index in [1.165, 1.54) is 11.6 Å². The molecule has 1 aliphatic rings. The Morgan fingerprint density at radius 1 is 1.28 bits per heavy atom. The highest BCUT2D eigenvalue weighted by Crippen LogP contribution is 2.18. The standard InChI is InChI=1S/C15H22FNO/c1-11-10-13(16)3-2-12(11)8-9-17-14-4-6-15(18)7-5-14/h2-3,10,14-15,17-18H,4-9H2,1H3. The van der Waals surface area contributed by atoms with Crippen molar-refractivity contribution in [3.63, 3.8) is 0 Å². The summed E-state index contributed by atoms with van der Waals surface area (Å²) in [6.45, 7) is 2.88. The fourth-order valence-electron chi connectivity index (χ4n) is 2.63. The van der Waals surface area contributed by atoms with Crippen LogP contribution >= 0.6 is 0 Å². The van der Waals surface area contributed by atoms with Gasteiger partial charge in [0.2, 0.25) is 0 Å². The highest BCUT2D eigenvalue weighted by Gasteiger charge is 2.18. The number of halogens is 1.